The van der Waals surface area contributed by atoms with Crippen molar-refractivity contribution in [2.45, 2.75) is 34.6 Å². The van der Waals surface area contributed by atoms with Gasteiger partial charge in [0.2, 0.25) is 0 Å². The second kappa shape index (κ2) is 6.69. The summed E-state index contributed by atoms with van der Waals surface area (Å²) in [6, 6.07) is 0. The van der Waals surface area contributed by atoms with Gasteiger partial charge in [-0.3, -0.25) is 19.8 Å². The molecule has 1 heterocycles. The predicted octanol–water partition coefficient (Wildman–Crippen LogP) is 3.04. The molecule has 24 heavy (non-hydrogen) atoms. The van der Waals surface area contributed by atoms with Gasteiger partial charge in [0.15, 0.2) is 5.11 Å². The minimum Gasteiger partial charge on any atom is -0.298 e. The number of thiocarbonyl (C=S) groups is 1. The van der Waals surface area contributed by atoms with Gasteiger partial charge < -0.3 is 0 Å². The highest BCUT2D eigenvalue weighted by molar-refractivity contribution is 7.80. The fraction of sp³-hybridized carbons (Fsp3) is 0.316. The Bertz CT molecular complexity index is 777. The largest absolute Gasteiger partial charge is 0.298 e. The molecule has 1 aromatic rings. The summed E-state index contributed by atoms with van der Waals surface area (Å²) >= 11 is 5.07. The van der Waals surface area contributed by atoms with Crippen LogP contribution in [0.5, 0.6) is 0 Å². The van der Waals surface area contributed by atoms with Gasteiger partial charge in [-0.05, 0) is 86.3 Å². The lowest BCUT2D eigenvalue weighted by atomic mass is 9.88. The number of hydrogen-bond donors (Lipinski definition) is 1. The SMILES string of the molecule is C=CCN1C(=O)C(=Cc2c(C)c(C)c(C)c(C)c2C)C(=O)NC1=S. The van der Waals surface area contributed by atoms with Gasteiger partial charge in [-0.1, -0.05) is 6.08 Å². The summed E-state index contributed by atoms with van der Waals surface area (Å²) in [7, 11) is 0. The molecular formula is C19H22N2O2S. The highest BCUT2D eigenvalue weighted by Gasteiger charge is 2.33. The summed E-state index contributed by atoms with van der Waals surface area (Å²) in [4.78, 5) is 26.3. The number of rotatable bonds is 3. The third-order valence-electron chi connectivity index (χ3n) is 4.84. The monoisotopic (exact) mass is 342 g/mol. The quantitative estimate of drug-likeness (QED) is 0.397. The molecule has 0 unspecified atom stereocenters. The van der Waals surface area contributed by atoms with Gasteiger partial charge in [-0.15, -0.1) is 6.58 Å². The number of amides is 2. The Kier molecular flexibility index (Phi) is 5.04. The number of hydrogen-bond acceptors (Lipinski definition) is 3. The molecule has 2 rings (SSSR count). The fourth-order valence-electron chi connectivity index (χ4n) is 2.88. The summed E-state index contributed by atoms with van der Waals surface area (Å²) in [5.74, 6) is -0.849. The lowest BCUT2D eigenvalue weighted by Crippen LogP contribution is -2.53. The van der Waals surface area contributed by atoms with E-state index in [4.69, 9.17) is 12.2 Å². The summed E-state index contributed by atoms with van der Waals surface area (Å²) in [6.07, 6.45) is 3.26. The molecule has 0 aliphatic carbocycles. The maximum Gasteiger partial charge on any atom is 0.265 e. The number of carbonyl (C=O) groups is 2. The van der Waals surface area contributed by atoms with Crippen LogP contribution >= 0.6 is 12.2 Å². The molecule has 0 saturated carbocycles. The molecule has 1 aromatic carbocycles. The molecule has 1 aliphatic heterocycles. The third kappa shape index (κ3) is 2.91. The Balaban J connectivity index is 2.62. The van der Waals surface area contributed by atoms with Crippen molar-refractivity contribution in [1.29, 1.82) is 0 Å². The molecule has 2 amide bonds. The van der Waals surface area contributed by atoms with Crippen LogP contribution in [0.3, 0.4) is 0 Å². The molecular weight excluding hydrogens is 320 g/mol. The van der Waals surface area contributed by atoms with Gasteiger partial charge in [0.1, 0.15) is 5.57 Å². The minimum atomic E-state index is -0.458. The Morgan fingerprint density at radius 2 is 1.50 bits per heavy atom. The van der Waals surface area contributed by atoms with Crippen LogP contribution in [-0.2, 0) is 9.59 Å². The molecule has 1 fully saturated rings. The normalized spacial score (nSPS) is 16.6. The molecule has 1 saturated heterocycles. The van der Waals surface area contributed by atoms with Crippen LogP contribution < -0.4 is 5.32 Å². The van der Waals surface area contributed by atoms with Crippen molar-refractivity contribution in [1.82, 2.24) is 10.2 Å². The molecule has 0 spiro atoms. The first kappa shape index (κ1) is 18.1. The molecule has 0 bridgehead atoms. The first-order valence-electron chi connectivity index (χ1n) is 7.77. The van der Waals surface area contributed by atoms with E-state index in [1.54, 1.807) is 12.2 Å². The first-order chi connectivity index (χ1) is 11.2. The Labute approximate surface area is 148 Å². The van der Waals surface area contributed by atoms with E-state index in [2.05, 4.69) is 32.7 Å². The van der Waals surface area contributed by atoms with Gasteiger partial charge in [0, 0.05) is 6.54 Å². The van der Waals surface area contributed by atoms with Crippen LogP contribution in [0, 0.1) is 34.6 Å². The molecule has 1 N–H and O–H groups in total. The Morgan fingerprint density at radius 1 is 1.00 bits per heavy atom. The van der Waals surface area contributed by atoms with Crippen molar-refractivity contribution in [3.63, 3.8) is 0 Å². The van der Waals surface area contributed by atoms with Crippen LogP contribution in [0.4, 0.5) is 0 Å². The second-order valence-electron chi connectivity index (χ2n) is 6.06. The molecule has 0 atom stereocenters. The summed E-state index contributed by atoms with van der Waals surface area (Å²) in [5, 5.41) is 2.69. The lowest BCUT2D eigenvalue weighted by Gasteiger charge is -2.28. The lowest BCUT2D eigenvalue weighted by molar-refractivity contribution is -0.128. The Morgan fingerprint density at radius 3 is 2.00 bits per heavy atom. The van der Waals surface area contributed by atoms with Gasteiger partial charge in [-0.2, -0.15) is 0 Å². The van der Waals surface area contributed by atoms with E-state index in [0.717, 1.165) is 16.7 Å². The Hall–Kier alpha value is -2.27. The van der Waals surface area contributed by atoms with Gasteiger partial charge in [-0.25, -0.2) is 0 Å². The van der Waals surface area contributed by atoms with Crippen molar-refractivity contribution in [3.05, 3.63) is 51.6 Å². The molecule has 1 aliphatic rings. The molecule has 5 heteroatoms. The van der Waals surface area contributed by atoms with Crippen LogP contribution in [0.1, 0.15) is 33.4 Å². The van der Waals surface area contributed by atoms with Gasteiger partial charge >= 0.3 is 0 Å². The number of benzene rings is 1. The molecule has 4 nitrogen and oxygen atoms in total. The van der Waals surface area contributed by atoms with E-state index >= 15 is 0 Å². The third-order valence-corrected chi connectivity index (χ3v) is 5.17. The van der Waals surface area contributed by atoms with Crippen molar-refractivity contribution in [2.75, 3.05) is 6.54 Å². The van der Waals surface area contributed by atoms with E-state index in [1.807, 2.05) is 13.8 Å². The zero-order valence-electron chi connectivity index (χ0n) is 14.7. The van der Waals surface area contributed by atoms with Crippen molar-refractivity contribution in [2.24, 2.45) is 0 Å². The summed E-state index contributed by atoms with van der Waals surface area (Å²) in [6.45, 7) is 14.1. The second-order valence-corrected chi connectivity index (χ2v) is 6.45. The maximum atomic E-state index is 12.7. The smallest absolute Gasteiger partial charge is 0.265 e. The standard InChI is InChI=1S/C19H22N2O2S/c1-7-8-21-18(23)16(17(22)20-19(21)24)9-15-13(5)11(3)10(2)12(4)14(15)6/h7,9H,1,8H2,2-6H3,(H,20,22,24). The van der Waals surface area contributed by atoms with E-state index in [9.17, 15) is 9.59 Å². The topological polar surface area (TPSA) is 49.4 Å². The number of nitrogens with one attached hydrogen (secondary N) is 1. The molecule has 0 radical (unpaired) electrons. The fourth-order valence-corrected chi connectivity index (χ4v) is 3.13. The zero-order chi connectivity index (χ0) is 18.2. The van der Waals surface area contributed by atoms with E-state index in [-0.39, 0.29) is 17.2 Å². The molecule has 126 valence electrons. The van der Waals surface area contributed by atoms with Crippen LogP contribution in [0.15, 0.2) is 18.2 Å². The van der Waals surface area contributed by atoms with E-state index < -0.39 is 11.8 Å². The summed E-state index contributed by atoms with van der Waals surface area (Å²) in [5.41, 5.74) is 6.75. The minimum absolute atomic E-state index is 0.0966. The highest BCUT2D eigenvalue weighted by Crippen LogP contribution is 2.28. The van der Waals surface area contributed by atoms with Crippen LogP contribution in [0.2, 0.25) is 0 Å². The van der Waals surface area contributed by atoms with E-state index in [0.29, 0.717) is 0 Å². The zero-order valence-corrected chi connectivity index (χ0v) is 15.6. The summed E-state index contributed by atoms with van der Waals surface area (Å²) < 4.78 is 0. The maximum absolute atomic E-state index is 12.7. The van der Waals surface area contributed by atoms with Gasteiger partial charge in [0.25, 0.3) is 11.8 Å². The van der Waals surface area contributed by atoms with Gasteiger partial charge in [0.05, 0.1) is 0 Å². The average molecular weight is 342 g/mol. The predicted molar refractivity (Wildman–Crippen MR) is 101 cm³/mol. The van der Waals surface area contributed by atoms with Crippen molar-refractivity contribution >= 4 is 35.2 Å². The van der Waals surface area contributed by atoms with Crippen molar-refractivity contribution < 1.29 is 9.59 Å². The van der Waals surface area contributed by atoms with Crippen LogP contribution in [-0.4, -0.2) is 28.4 Å². The van der Waals surface area contributed by atoms with E-state index in [1.165, 1.54) is 21.6 Å². The van der Waals surface area contributed by atoms with Crippen molar-refractivity contribution in [3.8, 4) is 0 Å². The number of nitrogens with zero attached hydrogens (tertiary/aromatic N) is 1. The van der Waals surface area contributed by atoms with Crippen LogP contribution in [0.25, 0.3) is 6.08 Å². The average Bonchev–Trinajstić information content (AvgIpc) is 2.54. The highest BCUT2D eigenvalue weighted by atomic mass is 32.1. The number of carbonyl (C=O) groups excluding carboxylic acids is 2. The molecule has 0 aromatic heterocycles. The first-order valence-corrected chi connectivity index (χ1v) is 8.18.